The molecule has 9 heteroatoms. The summed E-state index contributed by atoms with van der Waals surface area (Å²) in [6, 6.07) is 2.02. The van der Waals surface area contributed by atoms with Crippen LogP contribution >= 0.6 is 11.6 Å². The van der Waals surface area contributed by atoms with Crippen LogP contribution in [0.1, 0.15) is 33.3 Å². The van der Waals surface area contributed by atoms with Crippen LogP contribution in [0.25, 0.3) is 6.08 Å². The average molecular weight is 433 g/mol. The molecule has 0 fully saturated rings. The third kappa shape index (κ3) is 6.90. The van der Waals surface area contributed by atoms with Crippen molar-refractivity contribution in [1.82, 2.24) is 9.44 Å². The van der Waals surface area contributed by atoms with Crippen molar-refractivity contribution < 1.29 is 16.8 Å². The van der Waals surface area contributed by atoms with Gasteiger partial charge in [0.2, 0.25) is 20.0 Å². The minimum absolute atomic E-state index is 0.00835. The summed E-state index contributed by atoms with van der Waals surface area (Å²) >= 11 is 6.17. The lowest BCUT2D eigenvalue weighted by molar-refractivity contribution is 0.569. The van der Waals surface area contributed by atoms with Crippen LogP contribution < -0.4 is 9.44 Å². The van der Waals surface area contributed by atoms with Crippen LogP contribution in [0, 0.1) is 0 Å². The zero-order chi connectivity index (χ0) is 20.8. The van der Waals surface area contributed by atoms with E-state index in [4.69, 9.17) is 11.6 Å². The number of hydrogen-bond acceptors (Lipinski definition) is 4. The summed E-state index contributed by atoms with van der Waals surface area (Å²) in [5.74, 6) is 0. The van der Waals surface area contributed by atoms with E-state index in [0.29, 0.717) is 0 Å². The summed E-state index contributed by atoms with van der Waals surface area (Å²) in [4.78, 5) is -0.479. The van der Waals surface area contributed by atoms with Gasteiger partial charge in [-0.25, -0.2) is 26.3 Å². The molecule has 0 unspecified atom stereocenters. The fourth-order valence-corrected chi connectivity index (χ4v) is 5.17. The summed E-state index contributed by atoms with van der Waals surface area (Å²) < 4.78 is 55.1. The molecule has 6 nitrogen and oxygen atoms in total. The molecular formula is C18H25ClN2O4S2. The van der Waals surface area contributed by atoms with Gasteiger partial charge >= 0.3 is 0 Å². The monoisotopic (exact) mass is 432 g/mol. The Balaban J connectivity index is 3.67. The van der Waals surface area contributed by atoms with Gasteiger partial charge in [-0.15, -0.1) is 6.58 Å². The highest BCUT2D eigenvalue weighted by molar-refractivity contribution is 7.90. The third-order valence-electron chi connectivity index (χ3n) is 3.16. The topological polar surface area (TPSA) is 92.3 Å². The Kier molecular flexibility index (Phi) is 8.44. The van der Waals surface area contributed by atoms with Crippen molar-refractivity contribution in [2.24, 2.45) is 0 Å². The van der Waals surface area contributed by atoms with Crippen LogP contribution in [0.15, 0.2) is 52.3 Å². The van der Waals surface area contributed by atoms with E-state index >= 15 is 0 Å². The van der Waals surface area contributed by atoms with Crippen LogP contribution in [0.5, 0.6) is 0 Å². The molecule has 0 aliphatic heterocycles. The van der Waals surface area contributed by atoms with E-state index < -0.39 is 20.0 Å². The fourth-order valence-electron chi connectivity index (χ4n) is 2.08. The standard InChI is InChI=1S/C18H25ClN2O4S2/c1-6-10-20-26(22,23)17-12-18(27(24,25)21-14(4)5)16(19)11-15(17)9-7-8-13(2)3/h6-9,11-12,14,20-21H,1,10H2,2-5H3. The van der Waals surface area contributed by atoms with Crippen LogP contribution in [0.3, 0.4) is 0 Å². The zero-order valence-electron chi connectivity index (χ0n) is 15.8. The summed E-state index contributed by atoms with van der Waals surface area (Å²) in [6.07, 6.45) is 6.43. The molecule has 1 rings (SSSR count). The molecule has 0 aliphatic carbocycles. The van der Waals surface area contributed by atoms with E-state index in [-0.39, 0.29) is 33.0 Å². The summed E-state index contributed by atoms with van der Waals surface area (Å²) in [7, 11) is -7.95. The van der Waals surface area contributed by atoms with Crippen LogP contribution in [-0.4, -0.2) is 29.4 Å². The molecule has 0 saturated carbocycles. The molecule has 0 atom stereocenters. The van der Waals surface area contributed by atoms with E-state index in [1.54, 1.807) is 32.1 Å². The normalized spacial score (nSPS) is 12.5. The van der Waals surface area contributed by atoms with Gasteiger partial charge in [0, 0.05) is 12.6 Å². The second kappa shape index (κ2) is 9.66. The molecule has 0 heterocycles. The number of hydrogen-bond donors (Lipinski definition) is 2. The van der Waals surface area contributed by atoms with E-state index in [1.165, 1.54) is 12.1 Å². The van der Waals surface area contributed by atoms with E-state index in [0.717, 1.165) is 11.6 Å². The molecule has 0 amide bonds. The largest absolute Gasteiger partial charge is 0.242 e. The maximum Gasteiger partial charge on any atom is 0.242 e. The lowest BCUT2D eigenvalue weighted by atomic mass is 10.2. The third-order valence-corrected chi connectivity index (χ3v) is 6.76. The van der Waals surface area contributed by atoms with E-state index in [9.17, 15) is 16.8 Å². The smallest absolute Gasteiger partial charge is 0.209 e. The minimum atomic E-state index is -3.98. The van der Waals surface area contributed by atoms with Gasteiger partial charge in [-0.2, -0.15) is 0 Å². The first kappa shape index (κ1) is 23.6. The molecule has 1 aromatic carbocycles. The van der Waals surface area contributed by atoms with Gasteiger partial charge in [-0.05, 0) is 45.4 Å². The molecule has 0 saturated heterocycles. The number of sulfonamides is 2. The van der Waals surface area contributed by atoms with Gasteiger partial charge in [0.25, 0.3) is 0 Å². The van der Waals surface area contributed by atoms with Crippen molar-refractivity contribution in [2.75, 3.05) is 6.54 Å². The molecule has 1 aromatic rings. The average Bonchev–Trinajstić information content (AvgIpc) is 2.51. The van der Waals surface area contributed by atoms with Crippen LogP contribution in [0.4, 0.5) is 0 Å². The molecule has 0 aliphatic rings. The summed E-state index contributed by atoms with van der Waals surface area (Å²) in [5.41, 5.74) is 1.30. The van der Waals surface area contributed by atoms with Gasteiger partial charge in [0.1, 0.15) is 4.90 Å². The number of nitrogens with one attached hydrogen (secondary N) is 2. The van der Waals surface area contributed by atoms with Gasteiger partial charge in [-0.3, -0.25) is 0 Å². The first-order valence-corrected chi connectivity index (χ1v) is 11.5. The molecular weight excluding hydrogens is 408 g/mol. The first-order valence-electron chi connectivity index (χ1n) is 8.18. The summed E-state index contributed by atoms with van der Waals surface area (Å²) in [6.45, 7) is 10.6. The van der Waals surface area contributed by atoms with Crippen molar-refractivity contribution >= 4 is 37.7 Å². The lowest BCUT2D eigenvalue weighted by Crippen LogP contribution is -2.31. The van der Waals surface area contributed by atoms with Gasteiger partial charge in [-0.1, -0.05) is 41.5 Å². The zero-order valence-corrected chi connectivity index (χ0v) is 18.2. The Morgan fingerprint density at radius 3 is 2.30 bits per heavy atom. The van der Waals surface area contributed by atoms with Crippen molar-refractivity contribution in [3.8, 4) is 0 Å². The highest BCUT2D eigenvalue weighted by Gasteiger charge is 2.25. The Bertz CT molecular complexity index is 959. The fraction of sp³-hybridized carbons (Fsp3) is 0.333. The lowest BCUT2D eigenvalue weighted by Gasteiger charge is -2.15. The molecule has 2 N–H and O–H groups in total. The number of halogens is 1. The van der Waals surface area contributed by atoms with Crippen molar-refractivity contribution in [2.45, 2.75) is 43.5 Å². The Hall–Kier alpha value is -1.45. The first-order chi connectivity index (χ1) is 12.4. The van der Waals surface area contributed by atoms with Crippen molar-refractivity contribution in [3.63, 3.8) is 0 Å². The second-order valence-electron chi connectivity index (χ2n) is 6.34. The Morgan fingerprint density at radius 2 is 1.78 bits per heavy atom. The van der Waals surface area contributed by atoms with Crippen LogP contribution in [0.2, 0.25) is 5.02 Å². The second-order valence-corrected chi connectivity index (χ2v) is 10.2. The van der Waals surface area contributed by atoms with Gasteiger partial charge < -0.3 is 0 Å². The van der Waals surface area contributed by atoms with Crippen molar-refractivity contribution in [1.29, 1.82) is 0 Å². The number of benzene rings is 1. The molecule has 0 radical (unpaired) electrons. The maximum absolute atomic E-state index is 12.7. The Labute approximate surface area is 167 Å². The molecule has 27 heavy (non-hydrogen) atoms. The van der Waals surface area contributed by atoms with Gasteiger partial charge in [0.15, 0.2) is 0 Å². The van der Waals surface area contributed by atoms with Crippen molar-refractivity contribution in [3.05, 3.63) is 53.1 Å². The Morgan fingerprint density at radius 1 is 1.15 bits per heavy atom. The summed E-state index contributed by atoms with van der Waals surface area (Å²) in [5, 5.41) is -0.0670. The predicted molar refractivity (Wildman–Crippen MR) is 111 cm³/mol. The molecule has 150 valence electrons. The van der Waals surface area contributed by atoms with Crippen LogP contribution in [-0.2, 0) is 20.0 Å². The quantitative estimate of drug-likeness (QED) is 0.461. The van der Waals surface area contributed by atoms with Gasteiger partial charge in [0.05, 0.1) is 9.92 Å². The molecule has 0 aromatic heterocycles. The number of rotatable bonds is 9. The maximum atomic E-state index is 12.7. The predicted octanol–water partition coefficient (Wildman–Crippen LogP) is 3.47. The SMILES string of the molecule is C=CCNS(=O)(=O)c1cc(S(=O)(=O)NC(C)C)c(Cl)cc1C=CC=C(C)C. The van der Waals surface area contributed by atoms with E-state index in [1.807, 2.05) is 13.8 Å². The number of allylic oxidation sites excluding steroid dienone is 3. The van der Waals surface area contributed by atoms with E-state index in [2.05, 4.69) is 16.0 Å². The molecule has 0 bridgehead atoms. The minimum Gasteiger partial charge on any atom is -0.209 e. The highest BCUT2D eigenvalue weighted by Crippen LogP contribution is 2.29. The molecule has 0 spiro atoms. The highest BCUT2D eigenvalue weighted by atomic mass is 35.5.